The van der Waals surface area contributed by atoms with Crippen LogP contribution in [0, 0.1) is 11.8 Å². The average molecular weight is 391 g/mol. The third kappa shape index (κ3) is 3.43. The highest BCUT2D eigenvalue weighted by molar-refractivity contribution is 7.16. The molecule has 5 atom stereocenters. The highest BCUT2D eigenvalue weighted by Gasteiger charge is 2.45. The Morgan fingerprint density at radius 3 is 2.73 bits per heavy atom. The molecule has 2 saturated heterocycles. The number of rotatable bonds is 3. The SMILES string of the molecule is O=C(NC1CCC2CN(c3ccc(C(F)(F)F)s3)CC21)[C@@H]1CC(F)CN1. The average Bonchev–Trinajstić information content (AvgIpc) is 3.29. The van der Waals surface area contributed by atoms with E-state index in [9.17, 15) is 22.4 Å². The van der Waals surface area contributed by atoms with Crippen molar-refractivity contribution in [1.82, 2.24) is 10.6 Å². The Bertz CT molecular complexity index is 679. The van der Waals surface area contributed by atoms with Crippen LogP contribution in [0.15, 0.2) is 12.1 Å². The van der Waals surface area contributed by atoms with Gasteiger partial charge in [-0.2, -0.15) is 13.2 Å². The molecule has 1 aromatic rings. The summed E-state index contributed by atoms with van der Waals surface area (Å²) < 4.78 is 51.7. The third-order valence-corrected chi connectivity index (χ3v) is 6.95. The van der Waals surface area contributed by atoms with Crippen LogP contribution in [0.3, 0.4) is 0 Å². The van der Waals surface area contributed by atoms with Crippen LogP contribution in [0.2, 0.25) is 0 Å². The van der Waals surface area contributed by atoms with Crippen LogP contribution in [-0.2, 0) is 11.0 Å². The molecule has 4 unspecified atom stereocenters. The second-order valence-electron chi connectivity index (χ2n) is 7.45. The van der Waals surface area contributed by atoms with E-state index in [1.54, 1.807) is 0 Å². The van der Waals surface area contributed by atoms with Gasteiger partial charge in [0.1, 0.15) is 11.0 Å². The number of anilines is 1. The molecule has 0 radical (unpaired) electrons. The number of nitrogens with one attached hydrogen (secondary N) is 2. The Morgan fingerprint density at radius 1 is 1.27 bits per heavy atom. The van der Waals surface area contributed by atoms with Crippen LogP contribution < -0.4 is 15.5 Å². The fourth-order valence-electron chi connectivity index (χ4n) is 4.45. The van der Waals surface area contributed by atoms with E-state index >= 15 is 0 Å². The number of nitrogens with zero attached hydrogens (tertiary/aromatic N) is 1. The van der Waals surface area contributed by atoms with Crippen LogP contribution in [0.1, 0.15) is 24.1 Å². The van der Waals surface area contributed by atoms with Crippen LogP contribution in [-0.4, -0.2) is 43.8 Å². The van der Waals surface area contributed by atoms with Crippen molar-refractivity contribution >= 4 is 22.2 Å². The first kappa shape index (κ1) is 18.0. The molecule has 1 amide bonds. The lowest BCUT2D eigenvalue weighted by Crippen LogP contribution is -2.47. The minimum Gasteiger partial charge on any atom is -0.363 e. The van der Waals surface area contributed by atoms with Gasteiger partial charge in [0, 0.05) is 38.0 Å². The van der Waals surface area contributed by atoms with Crippen molar-refractivity contribution in [1.29, 1.82) is 0 Å². The molecule has 3 heterocycles. The molecular weight excluding hydrogens is 370 g/mol. The molecule has 2 aliphatic heterocycles. The first-order valence-corrected chi connectivity index (χ1v) is 9.72. The van der Waals surface area contributed by atoms with E-state index in [1.165, 1.54) is 6.07 Å². The molecule has 2 N–H and O–H groups in total. The summed E-state index contributed by atoms with van der Waals surface area (Å²) in [4.78, 5) is 13.7. The summed E-state index contributed by atoms with van der Waals surface area (Å²) in [6.07, 6.45) is -3.26. The molecule has 4 rings (SSSR count). The second kappa shape index (κ2) is 6.67. The summed E-state index contributed by atoms with van der Waals surface area (Å²) in [6, 6.07) is 2.20. The van der Waals surface area contributed by atoms with E-state index in [1.807, 2.05) is 4.90 Å². The van der Waals surface area contributed by atoms with Gasteiger partial charge in [0.15, 0.2) is 0 Å². The van der Waals surface area contributed by atoms with E-state index in [-0.39, 0.29) is 30.8 Å². The summed E-state index contributed by atoms with van der Waals surface area (Å²) in [5, 5.41) is 6.57. The van der Waals surface area contributed by atoms with Crippen molar-refractivity contribution in [3.8, 4) is 0 Å². The lowest BCUT2D eigenvalue weighted by atomic mass is 9.97. The number of fused-ring (bicyclic) bond motifs is 1. The Balaban J connectivity index is 1.38. The maximum Gasteiger partial charge on any atom is 0.425 e. The van der Waals surface area contributed by atoms with Gasteiger partial charge in [-0.1, -0.05) is 0 Å². The zero-order chi connectivity index (χ0) is 18.5. The van der Waals surface area contributed by atoms with Gasteiger partial charge >= 0.3 is 6.18 Å². The maximum atomic E-state index is 13.3. The topological polar surface area (TPSA) is 44.4 Å². The lowest BCUT2D eigenvalue weighted by molar-refractivity contribution is -0.134. The van der Waals surface area contributed by atoms with E-state index in [4.69, 9.17) is 0 Å². The fourth-order valence-corrected chi connectivity index (χ4v) is 5.34. The molecule has 144 valence electrons. The summed E-state index contributed by atoms with van der Waals surface area (Å²) in [6.45, 7) is 1.59. The molecule has 9 heteroatoms. The standard InChI is InChI=1S/C17H21F4N3OS/c18-10-5-13(22-6-10)16(25)23-12-2-1-9-7-24(8-11(9)12)15-4-3-14(26-15)17(19,20)21/h3-4,9-13,22H,1-2,5-8H2,(H,23,25)/t9?,10?,11?,12?,13-/m0/s1. The van der Waals surface area contributed by atoms with Crippen molar-refractivity contribution < 1.29 is 22.4 Å². The molecule has 26 heavy (non-hydrogen) atoms. The molecule has 0 spiro atoms. The zero-order valence-corrected chi connectivity index (χ0v) is 14.9. The first-order valence-electron chi connectivity index (χ1n) is 8.91. The predicted octanol–water partition coefficient (Wildman–Crippen LogP) is 2.80. The molecule has 1 aliphatic carbocycles. The van der Waals surface area contributed by atoms with Crippen molar-refractivity contribution in [2.75, 3.05) is 24.5 Å². The minimum atomic E-state index is -4.31. The molecule has 3 aliphatic rings. The largest absolute Gasteiger partial charge is 0.425 e. The quantitative estimate of drug-likeness (QED) is 0.779. The van der Waals surface area contributed by atoms with Crippen molar-refractivity contribution in [3.63, 3.8) is 0 Å². The van der Waals surface area contributed by atoms with Gasteiger partial charge in [-0.3, -0.25) is 4.79 Å². The number of thiophene rings is 1. The normalized spacial score (nSPS) is 34.3. The van der Waals surface area contributed by atoms with Crippen LogP contribution in [0.5, 0.6) is 0 Å². The summed E-state index contributed by atoms with van der Waals surface area (Å²) in [5.74, 6) is 0.449. The molecule has 1 aromatic heterocycles. The van der Waals surface area contributed by atoms with Gasteiger partial charge < -0.3 is 15.5 Å². The number of alkyl halides is 4. The van der Waals surface area contributed by atoms with E-state index in [0.717, 1.165) is 36.8 Å². The second-order valence-corrected chi connectivity index (χ2v) is 8.51. The monoisotopic (exact) mass is 391 g/mol. The fraction of sp³-hybridized carbons (Fsp3) is 0.706. The molecule has 0 aromatic carbocycles. The maximum absolute atomic E-state index is 13.3. The van der Waals surface area contributed by atoms with Crippen LogP contribution >= 0.6 is 11.3 Å². The Kier molecular flexibility index (Phi) is 4.63. The molecule has 4 nitrogen and oxygen atoms in total. The van der Waals surface area contributed by atoms with Gasteiger partial charge in [-0.25, -0.2) is 4.39 Å². The molecule has 3 fully saturated rings. The Morgan fingerprint density at radius 2 is 2.08 bits per heavy atom. The number of halogens is 4. The Hall–Kier alpha value is -1.35. The van der Waals surface area contributed by atoms with E-state index in [0.29, 0.717) is 17.5 Å². The van der Waals surface area contributed by atoms with Gasteiger partial charge in [-0.15, -0.1) is 11.3 Å². The number of hydrogen-bond acceptors (Lipinski definition) is 4. The minimum absolute atomic E-state index is 0.0139. The highest BCUT2D eigenvalue weighted by atomic mass is 32.1. The van der Waals surface area contributed by atoms with Crippen molar-refractivity contribution in [2.45, 2.75) is 43.7 Å². The molecule has 0 bridgehead atoms. The molecular formula is C17H21F4N3OS. The van der Waals surface area contributed by atoms with E-state index < -0.39 is 23.3 Å². The predicted molar refractivity (Wildman–Crippen MR) is 91.0 cm³/mol. The van der Waals surface area contributed by atoms with Crippen molar-refractivity contribution in [2.24, 2.45) is 11.8 Å². The number of amides is 1. The Labute approximate surface area is 152 Å². The van der Waals surface area contributed by atoms with Gasteiger partial charge in [-0.05, 0) is 30.9 Å². The smallest absolute Gasteiger partial charge is 0.363 e. The first-order chi connectivity index (χ1) is 12.3. The number of carbonyl (C=O) groups excluding carboxylic acids is 1. The third-order valence-electron chi connectivity index (χ3n) is 5.76. The van der Waals surface area contributed by atoms with Gasteiger partial charge in [0.05, 0.1) is 11.0 Å². The van der Waals surface area contributed by atoms with E-state index in [2.05, 4.69) is 10.6 Å². The van der Waals surface area contributed by atoms with Gasteiger partial charge in [0.2, 0.25) is 5.91 Å². The molecule has 1 saturated carbocycles. The zero-order valence-electron chi connectivity index (χ0n) is 14.1. The van der Waals surface area contributed by atoms with Crippen LogP contribution in [0.4, 0.5) is 22.6 Å². The van der Waals surface area contributed by atoms with Crippen LogP contribution in [0.25, 0.3) is 0 Å². The van der Waals surface area contributed by atoms with Gasteiger partial charge in [0.25, 0.3) is 0 Å². The summed E-state index contributed by atoms with van der Waals surface area (Å²) in [5.41, 5.74) is 0. The lowest BCUT2D eigenvalue weighted by Gasteiger charge is -2.23. The highest BCUT2D eigenvalue weighted by Crippen LogP contribution is 2.44. The summed E-state index contributed by atoms with van der Waals surface area (Å²) >= 11 is 0.773. The number of carbonyl (C=O) groups is 1. The number of hydrogen-bond donors (Lipinski definition) is 2. The van der Waals surface area contributed by atoms with Crippen molar-refractivity contribution in [3.05, 3.63) is 17.0 Å². The summed E-state index contributed by atoms with van der Waals surface area (Å²) in [7, 11) is 0.